The van der Waals surface area contributed by atoms with Crippen molar-refractivity contribution in [3.05, 3.63) is 0 Å². The van der Waals surface area contributed by atoms with Gasteiger partial charge in [0.25, 0.3) is 0 Å². The summed E-state index contributed by atoms with van der Waals surface area (Å²) in [5, 5.41) is 13.3. The molecular formula is C11H19NO4. The maximum atomic E-state index is 11.7. The maximum Gasteiger partial charge on any atom is 0.347 e. The third-order valence-corrected chi connectivity index (χ3v) is 2.90. The van der Waals surface area contributed by atoms with E-state index >= 15 is 0 Å². The lowest BCUT2D eigenvalue weighted by atomic mass is 9.87. The minimum absolute atomic E-state index is 0.119. The molecule has 16 heavy (non-hydrogen) atoms. The molecule has 0 aromatic heterocycles. The van der Waals surface area contributed by atoms with Gasteiger partial charge in [-0.2, -0.15) is 0 Å². The highest BCUT2D eigenvalue weighted by Gasteiger charge is 2.51. The van der Waals surface area contributed by atoms with Crippen molar-refractivity contribution in [3.8, 4) is 0 Å². The largest absolute Gasteiger partial charge is 0.463 e. The fourth-order valence-electron chi connectivity index (χ4n) is 2.00. The standard InChI is InChI=1S/C11H19NO4/c1-3-9(13)11(15,10(14)16-4-2)8-6-5-7-12-8/h8,12,15H,3-7H2,1-2H3. The lowest BCUT2D eigenvalue weighted by molar-refractivity contribution is -0.173. The number of rotatable bonds is 5. The Balaban J connectivity index is 2.90. The molecule has 0 aliphatic carbocycles. The van der Waals surface area contributed by atoms with Gasteiger partial charge in [0.1, 0.15) is 0 Å². The van der Waals surface area contributed by atoms with Crippen LogP contribution in [0, 0.1) is 0 Å². The van der Waals surface area contributed by atoms with Crippen LogP contribution in [0.3, 0.4) is 0 Å². The van der Waals surface area contributed by atoms with Crippen LogP contribution in [0.5, 0.6) is 0 Å². The first-order chi connectivity index (χ1) is 7.57. The molecule has 92 valence electrons. The van der Waals surface area contributed by atoms with Gasteiger partial charge in [0, 0.05) is 6.42 Å². The van der Waals surface area contributed by atoms with Crippen LogP contribution in [0.15, 0.2) is 0 Å². The maximum absolute atomic E-state index is 11.7. The van der Waals surface area contributed by atoms with Crippen molar-refractivity contribution in [3.63, 3.8) is 0 Å². The number of hydrogen-bond acceptors (Lipinski definition) is 5. The van der Waals surface area contributed by atoms with Gasteiger partial charge in [-0.05, 0) is 26.3 Å². The molecule has 0 aromatic rings. The highest BCUT2D eigenvalue weighted by Crippen LogP contribution is 2.23. The van der Waals surface area contributed by atoms with Crippen molar-refractivity contribution in [2.24, 2.45) is 0 Å². The van der Waals surface area contributed by atoms with Gasteiger partial charge < -0.3 is 15.2 Å². The Morgan fingerprint density at radius 2 is 2.19 bits per heavy atom. The van der Waals surface area contributed by atoms with E-state index in [-0.39, 0.29) is 13.0 Å². The Kier molecular flexibility index (Phi) is 4.44. The van der Waals surface area contributed by atoms with Gasteiger partial charge in [-0.25, -0.2) is 4.79 Å². The zero-order valence-electron chi connectivity index (χ0n) is 9.78. The van der Waals surface area contributed by atoms with Gasteiger partial charge in [0.15, 0.2) is 5.78 Å². The van der Waals surface area contributed by atoms with Crippen LogP contribution in [0.1, 0.15) is 33.1 Å². The van der Waals surface area contributed by atoms with Crippen molar-refractivity contribution in [1.29, 1.82) is 0 Å². The second-order valence-corrected chi connectivity index (χ2v) is 3.91. The van der Waals surface area contributed by atoms with E-state index in [0.29, 0.717) is 13.0 Å². The summed E-state index contributed by atoms with van der Waals surface area (Å²) >= 11 is 0. The molecule has 0 spiro atoms. The summed E-state index contributed by atoms with van der Waals surface area (Å²) in [5.74, 6) is -1.31. The highest BCUT2D eigenvalue weighted by molar-refractivity contribution is 6.07. The normalized spacial score (nSPS) is 23.8. The van der Waals surface area contributed by atoms with E-state index in [1.54, 1.807) is 13.8 Å². The smallest absolute Gasteiger partial charge is 0.347 e. The summed E-state index contributed by atoms with van der Waals surface area (Å²) in [6.07, 6.45) is 1.58. The van der Waals surface area contributed by atoms with Crippen LogP contribution in [-0.2, 0) is 14.3 Å². The Morgan fingerprint density at radius 3 is 2.62 bits per heavy atom. The minimum Gasteiger partial charge on any atom is -0.463 e. The number of ketones is 1. The summed E-state index contributed by atoms with van der Waals surface area (Å²) < 4.78 is 4.79. The average Bonchev–Trinajstić information content (AvgIpc) is 2.80. The van der Waals surface area contributed by atoms with E-state index in [2.05, 4.69) is 5.32 Å². The molecule has 5 heteroatoms. The molecular weight excluding hydrogens is 210 g/mol. The van der Waals surface area contributed by atoms with Gasteiger partial charge in [-0.1, -0.05) is 6.92 Å². The van der Waals surface area contributed by atoms with Crippen molar-refractivity contribution >= 4 is 11.8 Å². The van der Waals surface area contributed by atoms with Crippen molar-refractivity contribution in [2.45, 2.75) is 44.8 Å². The molecule has 1 aliphatic rings. The first-order valence-electron chi connectivity index (χ1n) is 5.73. The quantitative estimate of drug-likeness (QED) is 0.513. The molecule has 1 rings (SSSR count). The number of carbonyl (C=O) groups is 2. The molecule has 0 amide bonds. The molecule has 1 heterocycles. The lowest BCUT2D eigenvalue weighted by Crippen LogP contribution is -2.59. The molecule has 1 aliphatic heterocycles. The molecule has 5 nitrogen and oxygen atoms in total. The third-order valence-electron chi connectivity index (χ3n) is 2.90. The van der Waals surface area contributed by atoms with Crippen LogP contribution in [0.2, 0.25) is 0 Å². The van der Waals surface area contributed by atoms with Crippen molar-refractivity contribution in [1.82, 2.24) is 5.32 Å². The summed E-state index contributed by atoms with van der Waals surface area (Å²) in [4.78, 5) is 23.5. The van der Waals surface area contributed by atoms with Crippen LogP contribution >= 0.6 is 0 Å². The fourth-order valence-corrected chi connectivity index (χ4v) is 2.00. The summed E-state index contributed by atoms with van der Waals surface area (Å²) in [5.41, 5.74) is -2.01. The predicted molar refractivity (Wildman–Crippen MR) is 57.9 cm³/mol. The average molecular weight is 229 g/mol. The molecule has 2 atom stereocenters. The number of aliphatic hydroxyl groups is 1. The van der Waals surface area contributed by atoms with Crippen LogP contribution in [-0.4, -0.2) is 41.7 Å². The summed E-state index contributed by atoms with van der Waals surface area (Å²) in [6.45, 7) is 4.15. The predicted octanol–water partition coefficient (Wildman–Crippen LogP) is 0.0117. The monoisotopic (exact) mass is 229 g/mol. The third kappa shape index (κ3) is 2.25. The number of nitrogens with one attached hydrogen (secondary N) is 1. The first kappa shape index (κ1) is 13.1. The van der Waals surface area contributed by atoms with Gasteiger partial charge >= 0.3 is 5.97 Å². The number of hydrogen-bond donors (Lipinski definition) is 2. The Bertz CT molecular complexity index is 273. The molecule has 2 N–H and O–H groups in total. The Morgan fingerprint density at radius 1 is 1.50 bits per heavy atom. The second kappa shape index (κ2) is 5.41. The SMILES string of the molecule is CCOC(=O)C(O)(C(=O)CC)C1CCCN1. The summed E-state index contributed by atoms with van der Waals surface area (Å²) in [7, 11) is 0. The fraction of sp³-hybridized carbons (Fsp3) is 0.818. The highest BCUT2D eigenvalue weighted by atomic mass is 16.5. The Hall–Kier alpha value is -0.940. The number of carbonyl (C=O) groups excluding carboxylic acids is 2. The molecule has 2 unspecified atom stereocenters. The molecule has 1 fully saturated rings. The molecule has 0 bridgehead atoms. The summed E-state index contributed by atoms with van der Waals surface area (Å²) in [6, 6.07) is -0.515. The van der Waals surface area contributed by atoms with Gasteiger partial charge in [-0.15, -0.1) is 0 Å². The van der Waals surface area contributed by atoms with E-state index in [9.17, 15) is 14.7 Å². The molecule has 0 saturated carbocycles. The van der Waals surface area contributed by atoms with E-state index in [0.717, 1.165) is 6.42 Å². The van der Waals surface area contributed by atoms with E-state index in [1.807, 2.05) is 0 Å². The lowest BCUT2D eigenvalue weighted by Gasteiger charge is -2.29. The number of Topliss-reactive ketones (excluding diaryl/α,β-unsaturated/α-hetero) is 1. The number of esters is 1. The van der Waals surface area contributed by atoms with E-state index in [4.69, 9.17) is 4.74 Å². The first-order valence-corrected chi connectivity index (χ1v) is 5.73. The Labute approximate surface area is 95.2 Å². The van der Waals surface area contributed by atoms with Crippen LogP contribution < -0.4 is 5.32 Å². The van der Waals surface area contributed by atoms with Gasteiger partial charge in [0.05, 0.1) is 12.6 Å². The van der Waals surface area contributed by atoms with E-state index in [1.165, 1.54) is 0 Å². The van der Waals surface area contributed by atoms with Gasteiger partial charge in [0.2, 0.25) is 5.60 Å². The number of ether oxygens (including phenoxy) is 1. The van der Waals surface area contributed by atoms with Gasteiger partial charge in [-0.3, -0.25) is 4.79 Å². The molecule has 0 aromatic carbocycles. The van der Waals surface area contributed by atoms with Crippen molar-refractivity contribution < 1.29 is 19.4 Å². The zero-order chi connectivity index (χ0) is 12.2. The van der Waals surface area contributed by atoms with Crippen LogP contribution in [0.4, 0.5) is 0 Å². The molecule has 0 radical (unpaired) electrons. The molecule has 1 saturated heterocycles. The van der Waals surface area contributed by atoms with E-state index < -0.39 is 23.4 Å². The van der Waals surface area contributed by atoms with Crippen LogP contribution in [0.25, 0.3) is 0 Å². The van der Waals surface area contributed by atoms with Crippen molar-refractivity contribution in [2.75, 3.05) is 13.2 Å². The zero-order valence-corrected chi connectivity index (χ0v) is 9.78. The topological polar surface area (TPSA) is 75.6 Å². The minimum atomic E-state index is -2.01. The second-order valence-electron chi connectivity index (χ2n) is 3.91.